The fraction of sp³-hybridized carbons (Fsp3) is 0.588. The Bertz CT molecular complexity index is 492. The van der Waals surface area contributed by atoms with E-state index in [-0.39, 0.29) is 25.7 Å². The van der Waals surface area contributed by atoms with Gasteiger partial charge in [0.05, 0.1) is 18.1 Å². The molecule has 1 aromatic carbocycles. The van der Waals surface area contributed by atoms with Crippen molar-refractivity contribution in [3.63, 3.8) is 0 Å². The summed E-state index contributed by atoms with van der Waals surface area (Å²) in [6, 6.07) is 9.45. The molecule has 0 spiro atoms. The van der Waals surface area contributed by atoms with Gasteiger partial charge in [0.1, 0.15) is 0 Å². The molecule has 1 saturated carbocycles. The van der Waals surface area contributed by atoms with Crippen LogP contribution >= 0.6 is 0 Å². The van der Waals surface area contributed by atoms with Crippen LogP contribution in [0.1, 0.15) is 44.6 Å². The average Bonchev–Trinajstić information content (AvgIpc) is 2.50. The van der Waals surface area contributed by atoms with Gasteiger partial charge in [-0.05, 0) is 24.8 Å². The van der Waals surface area contributed by atoms with Crippen molar-refractivity contribution < 1.29 is 23.4 Å². The molecule has 0 aliphatic heterocycles. The van der Waals surface area contributed by atoms with E-state index in [1.54, 1.807) is 0 Å². The Morgan fingerprint density at radius 2 is 1.82 bits per heavy atom. The maximum absolute atomic E-state index is 13.4. The summed E-state index contributed by atoms with van der Waals surface area (Å²) in [5, 5.41) is 9.63. The molecule has 2 rings (SSSR count). The lowest BCUT2D eigenvalue weighted by molar-refractivity contribution is -0.175. The largest absolute Gasteiger partial charge is 0.481 e. The highest BCUT2D eigenvalue weighted by atomic mass is 19.3. The summed E-state index contributed by atoms with van der Waals surface area (Å²) in [4.78, 5) is 11.8. The molecule has 122 valence electrons. The predicted molar refractivity (Wildman–Crippen MR) is 78.8 cm³/mol. The molecule has 1 aliphatic carbocycles. The van der Waals surface area contributed by atoms with Crippen LogP contribution in [0.5, 0.6) is 0 Å². The minimum absolute atomic E-state index is 0.0391. The van der Waals surface area contributed by atoms with Gasteiger partial charge < -0.3 is 9.84 Å². The van der Waals surface area contributed by atoms with Crippen LogP contribution in [0.25, 0.3) is 0 Å². The highest BCUT2D eigenvalue weighted by molar-refractivity contribution is 5.75. The number of ether oxygens (including phenoxy) is 1. The van der Waals surface area contributed by atoms with Crippen LogP contribution in [0.2, 0.25) is 0 Å². The molecule has 22 heavy (non-hydrogen) atoms. The molecule has 0 saturated heterocycles. The molecule has 0 heterocycles. The molecule has 5 heteroatoms. The number of rotatable bonds is 6. The van der Waals surface area contributed by atoms with Crippen molar-refractivity contribution in [2.75, 3.05) is 0 Å². The van der Waals surface area contributed by atoms with Crippen LogP contribution in [0.3, 0.4) is 0 Å². The highest BCUT2D eigenvalue weighted by Crippen LogP contribution is 2.47. The van der Waals surface area contributed by atoms with Crippen LogP contribution < -0.4 is 0 Å². The van der Waals surface area contributed by atoms with E-state index < -0.39 is 23.4 Å². The van der Waals surface area contributed by atoms with Crippen molar-refractivity contribution in [1.29, 1.82) is 0 Å². The first kappa shape index (κ1) is 16.9. The lowest BCUT2D eigenvalue weighted by Crippen LogP contribution is -2.48. The molecule has 0 radical (unpaired) electrons. The summed E-state index contributed by atoms with van der Waals surface area (Å²) in [6.07, 6.45) is -0.911. The second-order valence-electron chi connectivity index (χ2n) is 6.01. The Labute approximate surface area is 129 Å². The zero-order valence-electron chi connectivity index (χ0n) is 12.7. The van der Waals surface area contributed by atoms with Crippen LogP contribution in [0.15, 0.2) is 30.3 Å². The first-order valence-corrected chi connectivity index (χ1v) is 7.66. The molecule has 1 N–H and O–H groups in total. The Hall–Kier alpha value is -1.49. The van der Waals surface area contributed by atoms with Gasteiger partial charge >= 0.3 is 5.97 Å². The van der Waals surface area contributed by atoms with Gasteiger partial charge in [-0.15, -0.1) is 0 Å². The van der Waals surface area contributed by atoms with Gasteiger partial charge in [0.15, 0.2) is 0 Å². The number of carbonyl (C=O) groups is 1. The zero-order valence-corrected chi connectivity index (χ0v) is 12.7. The van der Waals surface area contributed by atoms with Crippen molar-refractivity contribution in [2.45, 2.75) is 57.7 Å². The highest BCUT2D eigenvalue weighted by Gasteiger charge is 2.52. The zero-order chi connectivity index (χ0) is 16.2. The van der Waals surface area contributed by atoms with E-state index in [0.29, 0.717) is 13.0 Å². The summed E-state index contributed by atoms with van der Waals surface area (Å²) in [5.41, 5.74) is -0.256. The van der Waals surface area contributed by atoms with Crippen LogP contribution in [-0.4, -0.2) is 23.1 Å². The van der Waals surface area contributed by atoms with Crippen LogP contribution in [0.4, 0.5) is 8.78 Å². The van der Waals surface area contributed by atoms with Crippen molar-refractivity contribution >= 4 is 5.97 Å². The molecule has 1 aliphatic rings. The molecule has 1 atom stereocenters. The van der Waals surface area contributed by atoms with E-state index in [9.17, 15) is 18.7 Å². The third-order valence-electron chi connectivity index (χ3n) is 4.58. The quantitative estimate of drug-likeness (QED) is 0.853. The van der Waals surface area contributed by atoms with Gasteiger partial charge in [0.2, 0.25) is 5.92 Å². The van der Waals surface area contributed by atoms with Gasteiger partial charge in [-0.3, -0.25) is 4.79 Å². The summed E-state index contributed by atoms with van der Waals surface area (Å²) in [5.74, 6) is -3.78. The summed E-state index contributed by atoms with van der Waals surface area (Å²) >= 11 is 0. The van der Waals surface area contributed by atoms with E-state index >= 15 is 0 Å². The molecular weight excluding hydrogens is 290 g/mol. The smallest absolute Gasteiger partial charge is 0.312 e. The summed E-state index contributed by atoms with van der Waals surface area (Å²) in [6.45, 7) is 2.14. The van der Waals surface area contributed by atoms with E-state index in [0.717, 1.165) is 5.56 Å². The fourth-order valence-electron chi connectivity index (χ4n) is 3.17. The van der Waals surface area contributed by atoms with E-state index in [2.05, 4.69) is 0 Å². The molecule has 1 fully saturated rings. The first-order valence-electron chi connectivity index (χ1n) is 7.66. The molecule has 3 nitrogen and oxygen atoms in total. The third-order valence-corrected chi connectivity index (χ3v) is 4.58. The lowest BCUT2D eigenvalue weighted by Gasteiger charge is -2.41. The SMILES string of the molecule is CCC(OCc1ccccc1)C1(C(=O)O)CCC(F)(F)CC1. The topological polar surface area (TPSA) is 46.5 Å². The summed E-state index contributed by atoms with van der Waals surface area (Å²) < 4.78 is 32.6. The minimum atomic E-state index is -2.75. The van der Waals surface area contributed by atoms with Gasteiger partial charge in [-0.2, -0.15) is 0 Å². The first-order chi connectivity index (χ1) is 10.4. The molecule has 0 aromatic heterocycles. The normalized spacial score (nSPS) is 21.2. The third kappa shape index (κ3) is 3.64. The number of aliphatic carboxylic acids is 1. The predicted octanol–water partition coefficient (Wildman–Crippen LogP) is 4.26. The van der Waals surface area contributed by atoms with Crippen LogP contribution in [-0.2, 0) is 16.1 Å². The van der Waals surface area contributed by atoms with E-state index in [1.807, 2.05) is 37.3 Å². The minimum Gasteiger partial charge on any atom is -0.481 e. The second kappa shape index (κ2) is 6.73. The Morgan fingerprint density at radius 1 is 1.23 bits per heavy atom. The van der Waals surface area contributed by atoms with Crippen molar-refractivity contribution in [1.82, 2.24) is 0 Å². The van der Waals surface area contributed by atoms with Gasteiger partial charge in [0.25, 0.3) is 0 Å². The average molecular weight is 312 g/mol. The number of carboxylic acid groups (broad SMARTS) is 1. The maximum atomic E-state index is 13.4. The molecule has 0 amide bonds. The van der Waals surface area contributed by atoms with E-state index in [4.69, 9.17) is 4.74 Å². The van der Waals surface area contributed by atoms with Crippen molar-refractivity contribution in [3.05, 3.63) is 35.9 Å². The summed E-state index contributed by atoms with van der Waals surface area (Å²) in [7, 11) is 0. The monoisotopic (exact) mass is 312 g/mol. The van der Waals surface area contributed by atoms with E-state index in [1.165, 1.54) is 0 Å². The Balaban J connectivity index is 2.10. The molecule has 1 unspecified atom stereocenters. The lowest BCUT2D eigenvalue weighted by atomic mass is 9.68. The van der Waals surface area contributed by atoms with Crippen molar-refractivity contribution in [3.8, 4) is 0 Å². The van der Waals surface area contributed by atoms with Gasteiger partial charge in [-0.1, -0.05) is 37.3 Å². The standard InChI is InChI=1S/C17H22F2O3/c1-2-14(22-12-13-6-4-3-5-7-13)16(15(20)21)8-10-17(18,19)11-9-16/h3-7,14H,2,8-12H2,1H3,(H,20,21). The number of hydrogen-bond donors (Lipinski definition) is 1. The fourth-order valence-corrected chi connectivity index (χ4v) is 3.17. The van der Waals surface area contributed by atoms with Crippen LogP contribution in [0, 0.1) is 5.41 Å². The number of halogens is 2. The number of carboxylic acids is 1. The molecular formula is C17H22F2O3. The van der Waals surface area contributed by atoms with Gasteiger partial charge in [-0.25, -0.2) is 8.78 Å². The molecule has 0 bridgehead atoms. The number of benzene rings is 1. The van der Waals surface area contributed by atoms with Gasteiger partial charge in [0, 0.05) is 12.8 Å². The Kier molecular flexibility index (Phi) is 5.16. The Morgan fingerprint density at radius 3 is 2.32 bits per heavy atom. The molecule has 1 aromatic rings. The van der Waals surface area contributed by atoms with Crippen molar-refractivity contribution in [2.24, 2.45) is 5.41 Å². The number of hydrogen-bond acceptors (Lipinski definition) is 2. The maximum Gasteiger partial charge on any atom is 0.312 e. The number of alkyl halides is 2. The second-order valence-corrected chi connectivity index (χ2v) is 6.01.